The zero-order valence-electron chi connectivity index (χ0n) is 28.9. The van der Waals surface area contributed by atoms with Crippen LogP contribution in [0.3, 0.4) is 0 Å². The molecule has 246 valence electrons. The summed E-state index contributed by atoms with van der Waals surface area (Å²) in [6, 6.07) is 70.5. The highest BCUT2D eigenvalue weighted by atomic mass is 16.3. The zero-order valence-corrected chi connectivity index (χ0v) is 28.9. The van der Waals surface area contributed by atoms with Crippen molar-refractivity contribution in [1.29, 1.82) is 0 Å². The average Bonchev–Trinajstić information content (AvgIpc) is 3.61. The van der Waals surface area contributed by atoms with Gasteiger partial charge >= 0.3 is 0 Å². The van der Waals surface area contributed by atoms with Crippen molar-refractivity contribution in [3.63, 3.8) is 0 Å². The van der Waals surface area contributed by atoms with Gasteiger partial charge in [0, 0.05) is 10.8 Å². The molecule has 11 rings (SSSR count). The lowest BCUT2D eigenvalue weighted by Gasteiger charge is -2.18. The summed E-state index contributed by atoms with van der Waals surface area (Å²) in [5.74, 6) is 0. The van der Waals surface area contributed by atoms with E-state index in [2.05, 4.69) is 194 Å². The third-order valence-corrected chi connectivity index (χ3v) is 11.1. The van der Waals surface area contributed by atoms with Gasteiger partial charge in [-0.15, -0.1) is 0 Å². The van der Waals surface area contributed by atoms with Gasteiger partial charge in [-0.2, -0.15) is 0 Å². The molecule has 0 bridgehead atoms. The first-order valence-electron chi connectivity index (χ1n) is 18.3. The maximum Gasteiger partial charge on any atom is 0.136 e. The molecule has 53 heavy (non-hydrogen) atoms. The van der Waals surface area contributed by atoms with Gasteiger partial charge in [0.15, 0.2) is 0 Å². The zero-order chi connectivity index (χ0) is 34.9. The van der Waals surface area contributed by atoms with Crippen molar-refractivity contribution in [1.82, 2.24) is 0 Å². The molecule has 0 atom stereocenters. The Morgan fingerprint density at radius 3 is 1.45 bits per heavy atom. The minimum Gasteiger partial charge on any atom is -0.456 e. The maximum absolute atomic E-state index is 6.54. The van der Waals surface area contributed by atoms with E-state index < -0.39 is 0 Å². The van der Waals surface area contributed by atoms with Crippen LogP contribution < -0.4 is 0 Å². The number of benzene rings is 10. The van der Waals surface area contributed by atoms with Crippen molar-refractivity contribution < 1.29 is 4.42 Å². The highest BCUT2D eigenvalue weighted by molar-refractivity contribution is 6.23. The predicted molar refractivity (Wildman–Crippen MR) is 225 cm³/mol. The fourth-order valence-corrected chi connectivity index (χ4v) is 8.61. The summed E-state index contributed by atoms with van der Waals surface area (Å²) < 4.78 is 6.54. The van der Waals surface area contributed by atoms with Gasteiger partial charge in [-0.25, -0.2) is 0 Å². The van der Waals surface area contributed by atoms with E-state index in [0.717, 1.165) is 22.1 Å². The molecule has 0 saturated carbocycles. The minimum atomic E-state index is 0.908. The fraction of sp³-hybridized carbons (Fsp3) is 0. The second kappa shape index (κ2) is 11.8. The topological polar surface area (TPSA) is 13.1 Å². The van der Waals surface area contributed by atoms with E-state index in [4.69, 9.17) is 4.42 Å². The summed E-state index contributed by atoms with van der Waals surface area (Å²) in [5.41, 5.74) is 11.6. The molecular weight excluding hydrogens is 641 g/mol. The van der Waals surface area contributed by atoms with E-state index in [0.29, 0.717) is 0 Å². The first kappa shape index (κ1) is 29.7. The van der Waals surface area contributed by atoms with Crippen molar-refractivity contribution in [3.05, 3.63) is 194 Å². The van der Waals surface area contributed by atoms with Crippen molar-refractivity contribution >= 4 is 65.0 Å². The maximum atomic E-state index is 6.54. The molecule has 0 saturated heterocycles. The summed E-state index contributed by atoms with van der Waals surface area (Å²) in [5, 5.41) is 12.2. The van der Waals surface area contributed by atoms with Gasteiger partial charge in [0.05, 0.1) is 0 Å². The molecule has 1 nitrogen and oxygen atoms in total. The van der Waals surface area contributed by atoms with E-state index in [1.165, 1.54) is 87.4 Å². The number of hydrogen-bond donors (Lipinski definition) is 0. The fourth-order valence-electron chi connectivity index (χ4n) is 8.61. The average molecular weight is 673 g/mol. The Kier molecular flexibility index (Phi) is 6.62. The number of rotatable bonds is 4. The van der Waals surface area contributed by atoms with Crippen LogP contribution in [0.15, 0.2) is 199 Å². The number of fused-ring (bicyclic) bond motifs is 8. The number of hydrogen-bond acceptors (Lipinski definition) is 1. The molecular formula is C52H32O. The molecule has 0 fully saturated rings. The minimum absolute atomic E-state index is 0.908. The van der Waals surface area contributed by atoms with Gasteiger partial charge in [0.2, 0.25) is 0 Å². The molecule has 10 aromatic carbocycles. The quantitative estimate of drug-likeness (QED) is 0.170. The van der Waals surface area contributed by atoms with Gasteiger partial charge in [-0.1, -0.05) is 170 Å². The summed E-state index contributed by atoms with van der Waals surface area (Å²) in [6.07, 6.45) is 0. The Hall–Kier alpha value is -6.96. The molecule has 11 aromatic rings. The molecule has 0 aliphatic heterocycles. The summed E-state index contributed by atoms with van der Waals surface area (Å²) in [7, 11) is 0. The molecule has 1 heterocycles. The van der Waals surface area contributed by atoms with Gasteiger partial charge in [-0.05, 0) is 112 Å². The third-order valence-electron chi connectivity index (χ3n) is 11.1. The SMILES string of the molecule is c1ccc(-c2ccc3ccccc3c2)c(-c2ccc(-c3c4ccccc4c(-c4ccc5c(c4)oc4ccc6ccccc6c45)c4ccccc34)cc2)c1. The second-order valence-corrected chi connectivity index (χ2v) is 14.0. The molecule has 0 N–H and O–H groups in total. The van der Waals surface area contributed by atoms with Crippen LogP contribution >= 0.6 is 0 Å². The molecule has 0 aliphatic rings. The predicted octanol–water partition coefficient (Wildman–Crippen LogP) is 14.9. The lowest BCUT2D eigenvalue weighted by molar-refractivity contribution is 0.669. The van der Waals surface area contributed by atoms with E-state index in [1.807, 2.05) is 0 Å². The Bertz CT molecular complexity index is 3160. The normalized spacial score (nSPS) is 11.8. The molecule has 1 heteroatoms. The Morgan fingerprint density at radius 1 is 0.264 bits per heavy atom. The van der Waals surface area contributed by atoms with Crippen molar-refractivity contribution in [3.8, 4) is 44.5 Å². The number of furan rings is 1. The Morgan fingerprint density at radius 2 is 0.755 bits per heavy atom. The molecule has 1 aromatic heterocycles. The van der Waals surface area contributed by atoms with Crippen molar-refractivity contribution in [2.24, 2.45) is 0 Å². The molecule has 0 unspecified atom stereocenters. The molecule has 0 radical (unpaired) electrons. The lowest BCUT2D eigenvalue weighted by atomic mass is 9.85. The van der Waals surface area contributed by atoms with Crippen molar-refractivity contribution in [2.75, 3.05) is 0 Å². The first-order chi connectivity index (χ1) is 26.3. The Labute approximate surface area is 307 Å². The summed E-state index contributed by atoms with van der Waals surface area (Å²) in [4.78, 5) is 0. The molecule has 0 spiro atoms. The Balaban J connectivity index is 1.06. The summed E-state index contributed by atoms with van der Waals surface area (Å²) >= 11 is 0. The smallest absolute Gasteiger partial charge is 0.136 e. The van der Waals surface area contributed by atoms with Gasteiger partial charge in [0.1, 0.15) is 11.2 Å². The lowest BCUT2D eigenvalue weighted by Crippen LogP contribution is -1.91. The molecule has 0 aliphatic carbocycles. The molecule has 0 amide bonds. The van der Waals surface area contributed by atoms with Crippen LogP contribution in [-0.4, -0.2) is 0 Å². The van der Waals surface area contributed by atoms with Gasteiger partial charge in [0.25, 0.3) is 0 Å². The standard InChI is InChI=1S/C52H32O/c1-2-13-37-31-38(26-21-33(37)11-1)41-15-6-5-14-40(41)35-22-24-36(25-23-35)50-43-17-7-9-19-45(43)51(46-20-10-8-18-44(46)50)39-27-29-47-49(32-39)53-48-30-28-34-12-3-4-16-42(34)52(47)48/h1-32H. The van der Waals surface area contributed by atoms with Gasteiger partial charge < -0.3 is 4.42 Å². The van der Waals surface area contributed by atoms with E-state index in [1.54, 1.807) is 0 Å². The van der Waals surface area contributed by atoms with Crippen LogP contribution in [0.2, 0.25) is 0 Å². The largest absolute Gasteiger partial charge is 0.456 e. The van der Waals surface area contributed by atoms with Crippen LogP contribution in [0, 0.1) is 0 Å². The monoisotopic (exact) mass is 672 g/mol. The van der Waals surface area contributed by atoms with Crippen LogP contribution in [0.4, 0.5) is 0 Å². The second-order valence-electron chi connectivity index (χ2n) is 14.0. The van der Waals surface area contributed by atoms with Gasteiger partial charge in [-0.3, -0.25) is 0 Å². The van der Waals surface area contributed by atoms with E-state index in [-0.39, 0.29) is 0 Å². The van der Waals surface area contributed by atoms with Crippen LogP contribution in [0.5, 0.6) is 0 Å². The third kappa shape index (κ3) is 4.71. The first-order valence-corrected chi connectivity index (χ1v) is 18.3. The highest BCUT2D eigenvalue weighted by Gasteiger charge is 2.19. The summed E-state index contributed by atoms with van der Waals surface area (Å²) in [6.45, 7) is 0. The van der Waals surface area contributed by atoms with Crippen molar-refractivity contribution in [2.45, 2.75) is 0 Å². The van der Waals surface area contributed by atoms with Crippen LogP contribution in [0.1, 0.15) is 0 Å². The van der Waals surface area contributed by atoms with E-state index >= 15 is 0 Å². The van der Waals surface area contributed by atoms with Crippen LogP contribution in [0.25, 0.3) is 110 Å². The highest BCUT2D eigenvalue weighted by Crippen LogP contribution is 2.45. The van der Waals surface area contributed by atoms with E-state index in [9.17, 15) is 0 Å². The van der Waals surface area contributed by atoms with Crippen LogP contribution in [-0.2, 0) is 0 Å².